The van der Waals surface area contributed by atoms with Gasteiger partial charge in [-0.3, -0.25) is 9.69 Å². The van der Waals surface area contributed by atoms with E-state index in [0.717, 1.165) is 65.1 Å². The molecule has 0 bridgehead atoms. The van der Waals surface area contributed by atoms with Crippen LogP contribution in [0, 0.1) is 11.3 Å². The van der Waals surface area contributed by atoms with Crippen LogP contribution in [0.2, 0.25) is 0 Å². The van der Waals surface area contributed by atoms with Crippen molar-refractivity contribution < 1.29 is 9.53 Å². The number of nitrogens with zero attached hydrogens (tertiary/aromatic N) is 2. The number of nitrogens with one attached hydrogen (secondary N) is 2. The first kappa shape index (κ1) is 16.8. The van der Waals surface area contributed by atoms with Gasteiger partial charge in [-0.05, 0) is 12.8 Å². The van der Waals surface area contributed by atoms with E-state index in [1.807, 2.05) is 6.07 Å². The molecule has 0 spiro atoms. The van der Waals surface area contributed by atoms with Crippen molar-refractivity contribution in [2.75, 3.05) is 39.4 Å². The SMILES string of the molecule is N#C/C(=C/NCCN1CCOCC1)C(=O)NC1CCCCC1. The Hall–Kier alpha value is -1.58. The molecule has 0 aromatic heterocycles. The van der Waals surface area contributed by atoms with Crippen LogP contribution in [0.1, 0.15) is 32.1 Å². The van der Waals surface area contributed by atoms with Crippen LogP contribution in [-0.2, 0) is 9.53 Å². The third-order valence-electron chi connectivity index (χ3n) is 4.23. The third-order valence-corrected chi connectivity index (χ3v) is 4.23. The molecule has 6 heteroatoms. The molecule has 0 atom stereocenters. The number of carbonyl (C=O) groups is 1. The molecule has 0 radical (unpaired) electrons. The Morgan fingerprint density at radius 1 is 1.27 bits per heavy atom. The Morgan fingerprint density at radius 2 is 2.00 bits per heavy atom. The highest BCUT2D eigenvalue weighted by molar-refractivity contribution is 5.97. The van der Waals surface area contributed by atoms with E-state index in [9.17, 15) is 4.79 Å². The summed E-state index contributed by atoms with van der Waals surface area (Å²) in [7, 11) is 0. The summed E-state index contributed by atoms with van der Waals surface area (Å²) in [6.45, 7) is 5.06. The molecule has 6 nitrogen and oxygen atoms in total. The fourth-order valence-electron chi connectivity index (χ4n) is 2.88. The first-order valence-corrected chi connectivity index (χ1v) is 8.24. The summed E-state index contributed by atoms with van der Waals surface area (Å²) < 4.78 is 5.30. The van der Waals surface area contributed by atoms with Crippen LogP contribution >= 0.6 is 0 Å². The van der Waals surface area contributed by atoms with Gasteiger partial charge in [-0.1, -0.05) is 19.3 Å². The molecule has 2 aliphatic rings. The van der Waals surface area contributed by atoms with Gasteiger partial charge in [0, 0.05) is 38.4 Å². The molecular formula is C16H26N4O2. The standard InChI is InChI=1S/C16H26N4O2/c17-12-14(16(21)19-15-4-2-1-3-5-15)13-18-6-7-20-8-10-22-11-9-20/h13,15,18H,1-11H2,(H,19,21)/b14-13-. The van der Waals surface area contributed by atoms with Crippen LogP contribution in [0.15, 0.2) is 11.8 Å². The average Bonchev–Trinajstić information content (AvgIpc) is 2.56. The van der Waals surface area contributed by atoms with E-state index in [0.29, 0.717) is 0 Å². The molecule has 2 rings (SSSR count). The number of ether oxygens (including phenoxy) is 1. The van der Waals surface area contributed by atoms with Crippen LogP contribution in [0.25, 0.3) is 0 Å². The normalized spacial score (nSPS) is 21.1. The fraction of sp³-hybridized carbons (Fsp3) is 0.750. The van der Waals surface area contributed by atoms with Gasteiger partial charge in [0.1, 0.15) is 11.6 Å². The van der Waals surface area contributed by atoms with E-state index < -0.39 is 0 Å². The van der Waals surface area contributed by atoms with E-state index >= 15 is 0 Å². The Labute approximate surface area is 132 Å². The second-order valence-electron chi connectivity index (χ2n) is 5.89. The minimum Gasteiger partial charge on any atom is -0.388 e. The smallest absolute Gasteiger partial charge is 0.263 e. The van der Waals surface area contributed by atoms with E-state index in [1.165, 1.54) is 6.42 Å². The number of morpholine rings is 1. The second kappa shape index (κ2) is 9.44. The number of nitriles is 1. The molecule has 1 aliphatic heterocycles. The van der Waals surface area contributed by atoms with Gasteiger partial charge in [-0.15, -0.1) is 0 Å². The van der Waals surface area contributed by atoms with E-state index in [4.69, 9.17) is 10.00 Å². The van der Waals surface area contributed by atoms with E-state index in [-0.39, 0.29) is 17.5 Å². The lowest BCUT2D eigenvalue weighted by molar-refractivity contribution is -0.118. The predicted octanol–water partition coefficient (Wildman–Crippen LogP) is 0.765. The Morgan fingerprint density at radius 3 is 2.68 bits per heavy atom. The van der Waals surface area contributed by atoms with Crippen molar-refractivity contribution >= 4 is 5.91 Å². The summed E-state index contributed by atoms with van der Waals surface area (Å²) in [6.07, 6.45) is 7.15. The van der Waals surface area contributed by atoms with Crippen molar-refractivity contribution in [1.29, 1.82) is 5.26 Å². The maximum atomic E-state index is 12.1. The van der Waals surface area contributed by atoms with Gasteiger partial charge in [0.15, 0.2) is 0 Å². The maximum Gasteiger partial charge on any atom is 0.263 e. The Kier molecular flexibility index (Phi) is 7.20. The minimum atomic E-state index is -0.256. The lowest BCUT2D eigenvalue weighted by Gasteiger charge is -2.26. The Bertz CT molecular complexity index is 418. The molecule has 22 heavy (non-hydrogen) atoms. The van der Waals surface area contributed by atoms with E-state index in [1.54, 1.807) is 6.20 Å². The molecule has 1 saturated heterocycles. The molecule has 0 aromatic carbocycles. The summed E-state index contributed by atoms with van der Waals surface area (Å²) in [6, 6.07) is 2.21. The molecule has 1 heterocycles. The molecule has 1 amide bonds. The molecule has 2 N–H and O–H groups in total. The summed E-state index contributed by atoms with van der Waals surface area (Å²) in [5, 5.41) is 15.2. The van der Waals surface area contributed by atoms with Crippen molar-refractivity contribution in [2.24, 2.45) is 0 Å². The van der Waals surface area contributed by atoms with Gasteiger partial charge in [-0.2, -0.15) is 5.26 Å². The minimum absolute atomic E-state index is 0.160. The average molecular weight is 306 g/mol. The van der Waals surface area contributed by atoms with Crippen LogP contribution in [-0.4, -0.2) is 56.2 Å². The Balaban J connectivity index is 1.69. The van der Waals surface area contributed by atoms with Crippen molar-refractivity contribution in [3.8, 4) is 6.07 Å². The molecule has 0 aromatic rings. The summed E-state index contributed by atoms with van der Waals surface area (Å²) in [4.78, 5) is 14.4. The van der Waals surface area contributed by atoms with Crippen LogP contribution in [0.5, 0.6) is 0 Å². The zero-order chi connectivity index (χ0) is 15.6. The van der Waals surface area contributed by atoms with Crippen LogP contribution < -0.4 is 10.6 Å². The molecule has 2 fully saturated rings. The van der Waals surface area contributed by atoms with Gasteiger partial charge in [0.2, 0.25) is 0 Å². The third kappa shape index (κ3) is 5.66. The van der Waals surface area contributed by atoms with Crippen molar-refractivity contribution in [3.63, 3.8) is 0 Å². The molecule has 1 saturated carbocycles. The highest BCUT2D eigenvalue weighted by Gasteiger charge is 2.18. The van der Waals surface area contributed by atoms with Crippen LogP contribution in [0.4, 0.5) is 0 Å². The number of rotatable bonds is 6. The van der Waals surface area contributed by atoms with Gasteiger partial charge in [-0.25, -0.2) is 0 Å². The summed E-state index contributed by atoms with van der Waals surface area (Å²) in [5.74, 6) is -0.256. The monoisotopic (exact) mass is 306 g/mol. The highest BCUT2D eigenvalue weighted by atomic mass is 16.5. The molecule has 1 aliphatic carbocycles. The zero-order valence-electron chi connectivity index (χ0n) is 13.1. The zero-order valence-corrected chi connectivity index (χ0v) is 13.1. The predicted molar refractivity (Wildman–Crippen MR) is 84.0 cm³/mol. The van der Waals surface area contributed by atoms with E-state index in [2.05, 4.69) is 15.5 Å². The van der Waals surface area contributed by atoms with Crippen molar-refractivity contribution in [3.05, 3.63) is 11.8 Å². The highest BCUT2D eigenvalue weighted by Crippen LogP contribution is 2.17. The number of amides is 1. The largest absolute Gasteiger partial charge is 0.388 e. The lowest BCUT2D eigenvalue weighted by atomic mass is 9.95. The van der Waals surface area contributed by atoms with Crippen LogP contribution in [0.3, 0.4) is 0 Å². The second-order valence-corrected chi connectivity index (χ2v) is 5.89. The number of hydrogen-bond donors (Lipinski definition) is 2. The summed E-state index contributed by atoms with van der Waals surface area (Å²) in [5.41, 5.74) is 0.160. The lowest BCUT2D eigenvalue weighted by Crippen LogP contribution is -2.40. The fourth-order valence-corrected chi connectivity index (χ4v) is 2.88. The molecular weight excluding hydrogens is 280 g/mol. The van der Waals surface area contributed by atoms with Gasteiger partial charge in [0.05, 0.1) is 13.2 Å². The first-order chi connectivity index (χ1) is 10.8. The first-order valence-electron chi connectivity index (χ1n) is 8.24. The number of hydrogen-bond acceptors (Lipinski definition) is 5. The van der Waals surface area contributed by atoms with Gasteiger partial charge < -0.3 is 15.4 Å². The summed E-state index contributed by atoms with van der Waals surface area (Å²) >= 11 is 0. The quantitative estimate of drug-likeness (QED) is 0.430. The van der Waals surface area contributed by atoms with Gasteiger partial charge >= 0.3 is 0 Å². The topological polar surface area (TPSA) is 77.4 Å². The maximum absolute atomic E-state index is 12.1. The molecule has 122 valence electrons. The van der Waals surface area contributed by atoms with Crippen molar-refractivity contribution in [2.45, 2.75) is 38.1 Å². The molecule has 0 unspecified atom stereocenters. The number of carbonyl (C=O) groups excluding carboxylic acids is 1. The van der Waals surface area contributed by atoms with Crippen molar-refractivity contribution in [1.82, 2.24) is 15.5 Å². The van der Waals surface area contributed by atoms with Gasteiger partial charge in [0.25, 0.3) is 5.91 Å².